The van der Waals surface area contributed by atoms with Crippen molar-refractivity contribution in [2.45, 2.75) is 58.4 Å². The fraction of sp³-hybridized carbons (Fsp3) is 0.625. The molecular formula is C16H27N3O4. The zero-order chi connectivity index (χ0) is 17.8. The Hall–Kier alpha value is -2.18. The molecule has 0 heterocycles. The van der Waals surface area contributed by atoms with Crippen LogP contribution < -0.4 is 16.4 Å². The number of nitrogens with one attached hydrogen (secondary N) is 2. The number of carbonyl (C=O) groups is 4. The minimum Gasteiger partial charge on any atom is -0.366 e. The second kappa shape index (κ2) is 11.4. The van der Waals surface area contributed by atoms with Crippen LogP contribution in [-0.2, 0) is 19.2 Å². The van der Waals surface area contributed by atoms with E-state index < -0.39 is 29.5 Å². The molecule has 0 aromatic carbocycles. The van der Waals surface area contributed by atoms with E-state index in [0.29, 0.717) is 6.42 Å². The third kappa shape index (κ3) is 8.13. The van der Waals surface area contributed by atoms with Crippen LogP contribution in [0.25, 0.3) is 0 Å². The van der Waals surface area contributed by atoms with E-state index in [-0.39, 0.29) is 18.5 Å². The van der Waals surface area contributed by atoms with Gasteiger partial charge in [0, 0.05) is 18.5 Å². The summed E-state index contributed by atoms with van der Waals surface area (Å²) in [5, 5.41) is 4.70. The Kier molecular flexibility index (Phi) is 10.3. The van der Waals surface area contributed by atoms with Crippen molar-refractivity contribution < 1.29 is 19.2 Å². The van der Waals surface area contributed by atoms with Crippen LogP contribution >= 0.6 is 0 Å². The lowest BCUT2D eigenvalue weighted by Gasteiger charge is -2.17. The van der Waals surface area contributed by atoms with Gasteiger partial charge in [-0.25, -0.2) is 0 Å². The molecule has 4 N–H and O–H groups in total. The van der Waals surface area contributed by atoms with Crippen molar-refractivity contribution >= 4 is 23.5 Å². The lowest BCUT2D eigenvalue weighted by Crippen LogP contribution is -2.50. The molecule has 0 spiro atoms. The first kappa shape index (κ1) is 20.8. The molecule has 0 fully saturated rings. The number of primary amides is 1. The zero-order valence-corrected chi connectivity index (χ0v) is 13.9. The molecule has 1 atom stereocenters. The summed E-state index contributed by atoms with van der Waals surface area (Å²) in [6, 6.07) is -1.41. The highest BCUT2D eigenvalue weighted by Gasteiger charge is 2.31. The van der Waals surface area contributed by atoms with Gasteiger partial charge in [0.05, 0.1) is 0 Å². The second-order valence-electron chi connectivity index (χ2n) is 5.28. The van der Waals surface area contributed by atoms with Crippen LogP contribution in [0.5, 0.6) is 0 Å². The van der Waals surface area contributed by atoms with E-state index >= 15 is 0 Å². The molecule has 0 bridgehead atoms. The third-order valence-corrected chi connectivity index (χ3v) is 3.30. The molecule has 0 aliphatic carbocycles. The smallest absolute Gasteiger partial charge is 0.289 e. The van der Waals surface area contributed by atoms with Gasteiger partial charge in [0.1, 0.15) is 6.04 Å². The number of Topliss-reactive ketones (excluding diaryl/α,β-unsaturated/α-hetero) is 1. The predicted molar refractivity (Wildman–Crippen MR) is 87.3 cm³/mol. The maximum atomic E-state index is 12.0. The summed E-state index contributed by atoms with van der Waals surface area (Å²) in [5.74, 6) is -3.18. The fourth-order valence-electron chi connectivity index (χ4n) is 1.95. The molecule has 0 aromatic rings. The summed E-state index contributed by atoms with van der Waals surface area (Å²) in [5.41, 5.74) is 4.80. The van der Waals surface area contributed by atoms with Crippen LogP contribution in [0.1, 0.15) is 52.4 Å². The number of hydrogen-bond donors (Lipinski definition) is 3. The minimum absolute atomic E-state index is 0.217. The van der Waals surface area contributed by atoms with Gasteiger partial charge in [0.15, 0.2) is 0 Å². The zero-order valence-electron chi connectivity index (χ0n) is 13.9. The number of rotatable bonds is 12. The van der Waals surface area contributed by atoms with Crippen LogP contribution in [-0.4, -0.2) is 36.1 Å². The molecule has 0 unspecified atom stereocenters. The lowest BCUT2D eigenvalue weighted by atomic mass is 10.0. The van der Waals surface area contributed by atoms with E-state index in [0.717, 1.165) is 25.7 Å². The number of amides is 3. The van der Waals surface area contributed by atoms with E-state index in [1.807, 2.05) is 0 Å². The van der Waals surface area contributed by atoms with Gasteiger partial charge in [0.25, 0.3) is 5.91 Å². The summed E-state index contributed by atoms with van der Waals surface area (Å²) in [4.78, 5) is 46.8. The summed E-state index contributed by atoms with van der Waals surface area (Å²) in [6.07, 6.45) is 5.06. The molecule has 0 aliphatic heterocycles. The number of hydrogen-bond acceptors (Lipinski definition) is 4. The Balaban J connectivity index is 4.67. The van der Waals surface area contributed by atoms with E-state index in [1.54, 1.807) is 6.92 Å². The van der Waals surface area contributed by atoms with Crippen molar-refractivity contribution in [3.8, 4) is 0 Å². The van der Waals surface area contributed by atoms with Crippen molar-refractivity contribution in [3.05, 3.63) is 12.2 Å². The van der Waals surface area contributed by atoms with Gasteiger partial charge < -0.3 is 16.4 Å². The molecule has 0 radical (unpaired) electrons. The van der Waals surface area contributed by atoms with E-state index in [4.69, 9.17) is 5.73 Å². The average molecular weight is 325 g/mol. The molecule has 0 aromatic heterocycles. The van der Waals surface area contributed by atoms with Gasteiger partial charge in [0.2, 0.25) is 17.6 Å². The lowest BCUT2D eigenvalue weighted by molar-refractivity contribution is -0.139. The standard InChI is InChI=1S/C16H27N3O4/c1-4-6-7-8-9-10-12(20)19-13(11(3)15(17)22)14(21)16(23)18-5-2/h13H,3-10H2,1-2H3,(H2,17,22)(H,18,23)(H,19,20)/t13-/m1/s1. The van der Waals surface area contributed by atoms with Crippen molar-refractivity contribution in [1.29, 1.82) is 0 Å². The van der Waals surface area contributed by atoms with Crippen molar-refractivity contribution in [2.24, 2.45) is 5.73 Å². The number of carbonyl (C=O) groups excluding carboxylic acids is 4. The summed E-state index contributed by atoms with van der Waals surface area (Å²) in [7, 11) is 0. The van der Waals surface area contributed by atoms with Crippen molar-refractivity contribution in [3.63, 3.8) is 0 Å². The Bertz CT molecular complexity index is 460. The third-order valence-electron chi connectivity index (χ3n) is 3.30. The normalized spacial score (nSPS) is 11.4. The average Bonchev–Trinajstić information content (AvgIpc) is 2.51. The Labute approximate surface area is 137 Å². The Morgan fingerprint density at radius 3 is 2.17 bits per heavy atom. The van der Waals surface area contributed by atoms with Gasteiger partial charge in [-0.15, -0.1) is 0 Å². The largest absolute Gasteiger partial charge is 0.366 e. The highest BCUT2D eigenvalue weighted by molar-refractivity contribution is 6.40. The monoisotopic (exact) mass is 325 g/mol. The number of nitrogens with two attached hydrogens (primary N) is 1. The number of unbranched alkanes of at least 4 members (excludes halogenated alkanes) is 4. The molecule has 0 saturated carbocycles. The van der Waals surface area contributed by atoms with Gasteiger partial charge >= 0.3 is 0 Å². The molecule has 7 nitrogen and oxygen atoms in total. The van der Waals surface area contributed by atoms with Crippen LogP contribution in [0.2, 0.25) is 0 Å². The summed E-state index contributed by atoms with van der Waals surface area (Å²) in [6.45, 7) is 7.41. The topological polar surface area (TPSA) is 118 Å². The highest BCUT2D eigenvalue weighted by atomic mass is 16.2. The van der Waals surface area contributed by atoms with Gasteiger partial charge in [-0.2, -0.15) is 0 Å². The molecule has 3 amide bonds. The number of ketones is 1. The quantitative estimate of drug-likeness (QED) is 0.276. The highest BCUT2D eigenvalue weighted by Crippen LogP contribution is 2.07. The van der Waals surface area contributed by atoms with Crippen LogP contribution in [0, 0.1) is 0 Å². The van der Waals surface area contributed by atoms with Crippen LogP contribution in [0.15, 0.2) is 12.2 Å². The molecule has 7 heteroatoms. The van der Waals surface area contributed by atoms with Crippen molar-refractivity contribution in [1.82, 2.24) is 10.6 Å². The molecular weight excluding hydrogens is 298 g/mol. The Morgan fingerprint density at radius 2 is 1.65 bits per heavy atom. The van der Waals surface area contributed by atoms with Gasteiger partial charge in [-0.3, -0.25) is 19.2 Å². The maximum absolute atomic E-state index is 12.0. The SMILES string of the molecule is C=C(C(N)=O)[C@@H](NC(=O)CCCCCCC)C(=O)C(=O)NCC. The summed E-state index contributed by atoms with van der Waals surface area (Å²) < 4.78 is 0. The van der Waals surface area contributed by atoms with Crippen LogP contribution in [0.4, 0.5) is 0 Å². The van der Waals surface area contributed by atoms with E-state index in [1.165, 1.54) is 0 Å². The molecule has 130 valence electrons. The van der Waals surface area contributed by atoms with Gasteiger partial charge in [-0.1, -0.05) is 39.2 Å². The predicted octanol–water partition coefficient (Wildman–Crippen LogP) is 0.578. The maximum Gasteiger partial charge on any atom is 0.289 e. The molecule has 23 heavy (non-hydrogen) atoms. The van der Waals surface area contributed by atoms with Crippen LogP contribution in [0.3, 0.4) is 0 Å². The Morgan fingerprint density at radius 1 is 1.04 bits per heavy atom. The molecule has 0 saturated heterocycles. The second-order valence-corrected chi connectivity index (χ2v) is 5.28. The number of likely N-dealkylation sites (N-methyl/N-ethyl adjacent to an activating group) is 1. The fourth-order valence-corrected chi connectivity index (χ4v) is 1.95. The first-order valence-corrected chi connectivity index (χ1v) is 7.95. The first-order valence-electron chi connectivity index (χ1n) is 7.95. The van der Waals surface area contributed by atoms with Crippen molar-refractivity contribution in [2.75, 3.05) is 6.54 Å². The molecule has 0 aliphatic rings. The van der Waals surface area contributed by atoms with Gasteiger partial charge in [-0.05, 0) is 13.3 Å². The van der Waals surface area contributed by atoms with E-state index in [9.17, 15) is 19.2 Å². The minimum atomic E-state index is -1.41. The molecule has 0 rings (SSSR count). The first-order chi connectivity index (χ1) is 10.8. The van der Waals surface area contributed by atoms with E-state index in [2.05, 4.69) is 24.1 Å². The summed E-state index contributed by atoms with van der Waals surface area (Å²) >= 11 is 0.